The van der Waals surface area contributed by atoms with Crippen molar-refractivity contribution in [3.05, 3.63) is 69.6 Å². The molecule has 1 aliphatic rings. The van der Waals surface area contributed by atoms with Gasteiger partial charge in [-0.3, -0.25) is 9.59 Å². The molecule has 1 saturated carbocycles. The molecule has 2 aromatic carbocycles. The number of amides is 1. The van der Waals surface area contributed by atoms with Crippen LogP contribution in [0.2, 0.25) is 5.02 Å². The van der Waals surface area contributed by atoms with Crippen molar-refractivity contribution in [1.29, 1.82) is 0 Å². The number of aromatic nitrogens is 1. The van der Waals surface area contributed by atoms with Gasteiger partial charge in [0.1, 0.15) is 5.69 Å². The Labute approximate surface area is 197 Å². The summed E-state index contributed by atoms with van der Waals surface area (Å²) in [5, 5.41) is 1.70. The summed E-state index contributed by atoms with van der Waals surface area (Å²) in [7, 11) is 3.30. The van der Waals surface area contributed by atoms with Gasteiger partial charge in [-0.05, 0) is 42.0 Å². The van der Waals surface area contributed by atoms with E-state index >= 15 is 0 Å². The summed E-state index contributed by atoms with van der Waals surface area (Å²) in [5.41, 5.74) is 1.10. The highest BCUT2D eigenvalue weighted by Crippen LogP contribution is 2.32. The molecule has 1 heterocycles. The van der Waals surface area contributed by atoms with E-state index in [2.05, 4.69) is 0 Å². The van der Waals surface area contributed by atoms with E-state index in [1.165, 1.54) is 11.0 Å². The first-order valence-corrected chi connectivity index (χ1v) is 11.6. The normalized spacial score (nSPS) is 14.3. The maximum atomic E-state index is 13.2. The molecular formula is C26H27ClN2O4. The Morgan fingerprint density at radius 3 is 2.33 bits per heavy atom. The van der Waals surface area contributed by atoms with Crippen LogP contribution in [0.25, 0.3) is 21.9 Å². The first-order chi connectivity index (χ1) is 15.9. The second kappa shape index (κ2) is 9.79. The minimum Gasteiger partial charge on any atom is -0.451 e. The Balaban J connectivity index is 1.69. The lowest BCUT2D eigenvalue weighted by Crippen LogP contribution is -2.40. The van der Waals surface area contributed by atoms with Crippen LogP contribution in [0.3, 0.4) is 0 Å². The largest absolute Gasteiger partial charge is 0.451 e. The maximum absolute atomic E-state index is 13.2. The van der Waals surface area contributed by atoms with E-state index in [0.717, 1.165) is 31.2 Å². The molecule has 0 N–H and O–H groups in total. The Bertz CT molecular complexity index is 1240. The van der Waals surface area contributed by atoms with E-state index in [0.29, 0.717) is 21.4 Å². The molecule has 6 nitrogen and oxygen atoms in total. The molecule has 0 spiro atoms. The van der Waals surface area contributed by atoms with Crippen molar-refractivity contribution in [1.82, 2.24) is 9.47 Å². The lowest BCUT2D eigenvalue weighted by atomic mass is 9.94. The van der Waals surface area contributed by atoms with Crippen molar-refractivity contribution < 1.29 is 14.3 Å². The first kappa shape index (κ1) is 23.1. The van der Waals surface area contributed by atoms with Crippen LogP contribution in [0.15, 0.2) is 53.3 Å². The van der Waals surface area contributed by atoms with Gasteiger partial charge in [-0.2, -0.15) is 0 Å². The number of fused-ring (bicyclic) bond motifs is 1. The van der Waals surface area contributed by atoms with Gasteiger partial charge in [0, 0.05) is 36.1 Å². The minimum absolute atomic E-state index is 0.106. The average molecular weight is 467 g/mol. The Hall–Kier alpha value is -3.12. The number of esters is 1. The molecular weight excluding hydrogens is 440 g/mol. The molecule has 33 heavy (non-hydrogen) atoms. The molecule has 7 heteroatoms. The molecule has 1 amide bonds. The van der Waals surface area contributed by atoms with Crippen molar-refractivity contribution >= 4 is 34.2 Å². The second-order valence-corrected chi connectivity index (χ2v) is 8.95. The predicted molar refractivity (Wildman–Crippen MR) is 130 cm³/mol. The summed E-state index contributed by atoms with van der Waals surface area (Å²) >= 11 is 6.07. The number of halogens is 1. The fraction of sp³-hybridized carbons (Fsp3) is 0.346. The smallest absolute Gasteiger partial charge is 0.356 e. The molecule has 0 saturated heterocycles. The van der Waals surface area contributed by atoms with E-state index < -0.39 is 5.97 Å². The summed E-state index contributed by atoms with van der Waals surface area (Å²) in [5.74, 6) is -0.954. The predicted octanol–water partition coefficient (Wildman–Crippen LogP) is 4.81. The zero-order chi connectivity index (χ0) is 23.5. The van der Waals surface area contributed by atoms with Crippen LogP contribution in [0, 0.1) is 0 Å². The summed E-state index contributed by atoms with van der Waals surface area (Å²) in [6, 6.07) is 14.4. The highest BCUT2D eigenvalue weighted by molar-refractivity contribution is 6.30. The van der Waals surface area contributed by atoms with Gasteiger partial charge in [0.05, 0.1) is 0 Å². The van der Waals surface area contributed by atoms with Crippen LogP contribution in [0.1, 0.15) is 42.6 Å². The number of rotatable bonds is 5. The lowest BCUT2D eigenvalue weighted by Gasteiger charge is -2.31. The van der Waals surface area contributed by atoms with Crippen molar-refractivity contribution in [2.75, 3.05) is 13.7 Å². The lowest BCUT2D eigenvalue weighted by molar-refractivity contribution is -0.135. The number of benzene rings is 2. The van der Waals surface area contributed by atoms with Crippen LogP contribution in [0.5, 0.6) is 0 Å². The van der Waals surface area contributed by atoms with E-state index in [4.69, 9.17) is 16.3 Å². The van der Waals surface area contributed by atoms with Crippen molar-refractivity contribution in [2.45, 2.75) is 38.1 Å². The monoisotopic (exact) mass is 466 g/mol. The third-order valence-corrected chi connectivity index (χ3v) is 6.72. The summed E-state index contributed by atoms with van der Waals surface area (Å²) in [4.78, 5) is 40.6. The number of hydrogen-bond donors (Lipinski definition) is 0. The summed E-state index contributed by atoms with van der Waals surface area (Å²) in [6.45, 7) is -0.368. The zero-order valence-electron chi connectivity index (χ0n) is 18.8. The van der Waals surface area contributed by atoms with E-state index in [1.807, 2.05) is 6.07 Å². The van der Waals surface area contributed by atoms with E-state index in [9.17, 15) is 14.4 Å². The quantitative estimate of drug-likeness (QED) is 0.506. The van der Waals surface area contributed by atoms with Gasteiger partial charge in [0.2, 0.25) is 0 Å². The molecule has 172 valence electrons. The van der Waals surface area contributed by atoms with Crippen LogP contribution >= 0.6 is 11.6 Å². The van der Waals surface area contributed by atoms with Crippen LogP contribution < -0.4 is 5.56 Å². The number of carbonyl (C=O) groups excluding carboxylic acids is 2. The number of nitrogens with zero attached hydrogens (tertiary/aromatic N) is 2. The molecule has 0 aliphatic heterocycles. The fourth-order valence-corrected chi connectivity index (χ4v) is 4.71. The molecule has 1 aromatic heterocycles. The number of hydrogen-bond acceptors (Lipinski definition) is 4. The highest BCUT2D eigenvalue weighted by Gasteiger charge is 2.26. The third kappa shape index (κ3) is 4.67. The molecule has 4 rings (SSSR count). The maximum Gasteiger partial charge on any atom is 0.356 e. The highest BCUT2D eigenvalue weighted by atomic mass is 35.5. The van der Waals surface area contributed by atoms with Crippen molar-refractivity contribution in [3.63, 3.8) is 0 Å². The SMILES string of the molecule is CN(C(=O)COC(=O)c1c(-c2ccc(Cl)cc2)c2ccccc2c(=O)n1C)C1CCCCC1. The van der Waals surface area contributed by atoms with Crippen LogP contribution in [-0.4, -0.2) is 41.0 Å². The van der Waals surface area contributed by atoms with Gasteiger partial charge in [0.25, 0.3) is 11.5 Å². The summed E-state index contributed by atoms with van der Waals surface area (Å²) in [6.07, 6.45) is 5.33. The number of ether oxygens (including phenoxy) is 1. The van der Waals surface area contributed by atoms with Gasteiger partial charge in [-0.1, -0.05) is 61.2 Å². The molecule has 1 aliphatic carbocycles. The van der Waals surface area contributed by atoms with Crippen LogP contribution in [-0.2, 0) is 16.6 Å². The Morgan fingerprint density at radius 1 is 1.03 bits per heavy atom. The topological polar surface area (TPSA) is 68.6 Å². The van der Waals surface area contributed by atoms with Gasteiger partial charge < -0.3 is 14.2 Å². The number of carbonyl (C=O) groups is 2. The van der Waals surface area contributed by atoms with Gasteiger partial charge >= 0.3 is 5.97 Å². The van der Waals surface area contributed by atoms with Gasteiger partial charge in [-0.25, -0.2) is 4.79 Å². The first-order valence-electron chi connectivity index (χ1n) is 11.2. The molecule has 0 atom stereocenters. The fourth-order valence-electron chi connectivity index (χ4n) is 4.58. The van der Waals surface area contributed by atoms with Crippen molar-refractivity contribution in [2.24, 2.45) is 7.05 Å². The second-order valence-electron chi connectivity index (χ2n) is 8.51. The standard InChI is InChI=1S/C26H27ClN2O4/c1-28(19-8-4-3-5-9-19)22(30)16-33-26(32)24-23(17-12-14-18(27)15-13-17)20-10-6-7-11-21(20)25(31)29(24)2/h6-7,10-15,19H,3-5,8-9,16H2,1-2H3. The molecule has 0 unspecified atom stereocenters. The van der Waals surface area contributed by atoms with Crippen molar-refractivity contribution in [3.8, 4) is 11.1 Å². The summed E-state index contributed by atoms with van der Waals surface area (Å²) < 4.78 is 6.75. The van der Waals surface area contributed by atoms with E-state index in [-0.39, 0.29) is 29.8 Å². The number of likely N-dealkylation sites (N-methyl/N-ethyl adjacent to an activating group) is 1. The third-order valence-electron chi connectivity index (χ3n) is 6.47. The Kier molecular flexibility index (Phi) is 6.84. The Morgan fingerprint density at radius 2 is 1.67 bits per heavy atom. The van der Waals surface area contributed by atoms with Gasteiger partial charge in [-0.15, -0.1) is 0 Å². The molecule has 0 radical (unpaired) electrons. The zero-order valence-corrected chi connectivity index (χ0v) is 19.6. The molecule has 0 bridgehead atoms. The number of pyridine rings is 1. The molecule has 3 aromatic rings. The van der Waals surface area contributed by atoms with Gasteiger partial charge in [0.15, 0.2) is 6.61 Å². The average Bonchev–Trinajstić information content (AvgIpc) is 2.85. The van der Waals surface area contributed by atoms with Crippen LogP contribution in [0.4, 0.5) is 0 Å². The minimum atomic E-state index is -0.712. The van der Waals surface area contributed by atoms with E-state index in [1.54, 1.807) is 61.5 Å². The molecule has 1 fully saturated rings.